The summed E-state index contributed by atoms with van der Waals surface area (Å²) in [4.78, 5) is 23.7. The zero-order valence-corrected chi connectivity index (χ0v) is 20.6. The van der Waals surface area contributed by atoms with Crippen LogP contribution in [0.1, 0.15) is 12.0 Å². The van der Waals surface area contributed by atoms with Gasteiger partial charge >= 0.3 is 0 Å². The molecule has 1 aliphatic heterocycles. The third kappa shape index (κ3) is 5.38. The van der Waals surface area contributed by atoms with E-state index in [1.807, 2.05) is 47.2 Å². The molecule has 0 saturated heterocycles. The van der Waals surface area contributed by atoms with Gasteiger partial charge in [0, 0.05) is 36.0 Å². The summed E-state index contributed by atoms with van der Waals surface area (Å²) in [5.74, 6) is 1.29. The first kappa shape index (κ1) is 23.3. The lowest BCUT2D eigenvalue weighted by Gasteiger charge is -2.18. The van der Waals surface area contributed by atoms with Crippen LogP contribution in [0.4, 0.5) is 5.13 Å². The largest absolute Gasteiger partial charge is 0.454 e. The second-order valence-corrected chi connectivity index (χ2v) is 9.12. The van der Waals surface area contributed by atoms with Gasteiger partial charge in [-0.25, -0.2) is 9.97 Å². The lowest BCUT2D eigenvalue weighted by Crippen LogP contribution is -2.30. The van der Waals surface area contributed by atoms with Gasteiger partial charge in [0.25, 0.3) is 5.91 Å². The Morgan fingerprint density at radius 2 is 2.09 bits per heavy atom. The summed E-state index contributed by atoms with van der Waals surface area (Å²) >= 11 is 5.01. The Morgan fingerprint density at radius 3 is 2.94 bits per heavy atom. The number of amides is 1. The first-order valence-electron chi connectivity index (χ1n) is 10.1. The number of fused-ring (bicyclic) bond motifs is 2. The Kier molecular flexibility index (Phi) is 7.32. The molecule has 4 aromatic rings. The molecule has 0 bridgehead atoms. The minimum absolute atomic E-state index is 0. The quantitative estimate of drug-likeness (QED) is 0.284. The Hall–Kier alpha value is -2.88. The number of aryl methyl sites for hydroxylation is 1. The molecule has 0 fully saturated rings. The highest BCUT2D eigenvalue weighted by Gasteiger charge is 2.18. The van der Waals surface area contributed by atoms with Crippen molar-refractivity contribution in [3.8, 4) is 11.5 Å². The molecular weight excluding hydrogens is 528 g/mol. The van der Waals surface area contributed by atoms with E-state index >= 15 is 0 Å². The van der Waals surface area contributed by atoms with Gasteiger partial charge in [-0.2, -0.15) is 0 Å². The second-order valence-electron chi connectivity index (χ2n) is 7.20. The highest BCUT2D eigenvalue weighted by Crippen LogP contribution is 2.33. The van der Waals surface area contributed by atoms with Crippen LogP contribution in [0.5, 0.6) is 11.5 Å². The molecule has 5 rings (SSSR count). The molecule has 170 valence electrons. The smallest absolute Gasteiger partial charge is 0.252 e. The van der Waals surface area contributed by atoms with E-state index in [1.165, 1.54) is 11.3 Å². The van der Waals surface area contributed by atoms with E-state index in [0.29, 0.717) is 17.4 Å². The molecule has 0 atom stereocenters. The molecule has 1 amide bonds. The van der Waals surface area contributed by atoms with E-state index in [2.05, 4.69) is 20.9 Å². The number of nitrogens with zero attached hydrogens (tertiary/aromatic N) is 4. The number of ether oxygens (including phenoxy) is 2. The van der Waals surface area contributed by atoms with Crippen molar-refractivity contribution in [3.63, 3.8) is 0 Å². The number of thiazole rings is 1. The van der Waals surface area contributed by atoms with Crippen molar-refractivity contribution >= 4 is 67.0 Å². The maximum atomic E-state index is 13.2. The zero-order valence-electron chi connectivity index (χ0n) is 17.4. The molecule has 3 heterocycles. The van der Waals surface area contributed by atoms with Crippen LogP contribution < -0.4 is 14.4 Å². The number of benzene rings is 2. The predicted octanol–water partition coefficient (Wildman–Crippen LogP) is 5.54. The van der Waals surface area contributed by atoms with E-state index in [0.717, 1.165) is 39.0 Å². The lowest BCUT2D eigenvalue weighted by atomic mass is 10.2. The SMILES string of the molecule is Cl.O=C(/C=C/c1ccc2c(c1)OCO2)N(CCCn1ccnc1)c1nc2ccc(Br)cc2s1. The van der Waals surface area contributed by atoms with Crippen LogP contribution in [0.15, 0.2) is 65.7 Å². The van der Waals surface area contributed by atoms with Crippen LogP contribution >= 0.6 is 39.7 Å². The highest BCUT2D eigenvalue weighted by molar-refractivity contribution is 9.10. The number of halogens is 2. The third-order valence-electron chi connectivity index (χ3n) is 5.01. The number of imidazole rings is 1. The first-order valence-corrected chi connectivity index (χ1v) is 11.7. The molecule has 0 N–H and O–H groups in total. The summed E-state index contributed by atoms with van der Waals surface area (Å²) in [5.41, 5.74) is 1.74. The molecule has 2 aromatic carbocycles. The molecule has 33 heavy (non-hydrogen) atoms. The number of hydrogen-bond donors (Lipinski definition) is 0. The van der Waals surface area contributed by atoms with E-state index in [4.69, 9.17) is 14.5 Å². The summed E-state index contributed by atoms with van der Waals surface area (Å²) < 4.78 is 14.8. The summed E-state index contributed by atoms with van der Waals surface area (Å²) in [5, 5.41) is 0.684. The fourth-order valence-corrected chi connectivity index (χ4v) is 4.96. The van der Waals surface area contributed by atoms with Gasteiger partial charge in [-0.05, 0) is 48.4 Å². The van der Waals surface area contributed by atoms with E-state index in [-0.39, 0.29) is 25.1 Å². The van der Waals surface area contributed by atoms with Crippen LogP contribution in [0.25, 0.3) is 16.3 Å². The predicted molar refractivity (Wildman–Crippen MR) is 135 cm³/mol. The standard InChI is InChI=1S/C23H19BrN4O3S.ClH/c24-17-4-5-18-21(13-17)32-23(26-18)28(10-1-9-27-11-8-25-14-27)22(29)7-3-16-2-6-19-20(12-16)31-15-30-19;/h2-8,11-14H,1,9-10,15H2;1H/b7-3+;. The number of anilines is 1. The van der Waals surface area contributed by atoms with Crippen LogP contribution in [0, 0.1) is 0 Å². The minimum Gasteiger partial charge on any atom is -0.454 e. The monoisotopic (exact) mass is 546 g/mol. The molecule has 0 aliphatic carbocycles. The average molecular weight is 548 g/mol. The van der Waals surface area contributed by atoms with Crippen molar-refractivity contribution in [2.75, 3.05) is 18.2 Å². The van der Waals surface area contributed by atoms with Crippen LogP contribution in [0.2, 0.25) is 0 Å². The maximum Gasteiger partial charge on any atom is 0.252 e. The number of rotatable bonds is 7. The molecule has 0 spiro atoms. The highest BCUT2D eigenvalue weighted by atomic mass is 79.9. The van der Waals surface area contributed by atoms with Gasteiger partial charge in [-0.3, -0.25) is 9.69 Å². The number of hydrogen-bond acceptors (Lipinski definition) is 6. The van der Waals surface area contributed by atoms with Gasteiger partial charge in [-0.15, -0.1) is 12.4 Å². The Balaban J connectivity index is 0.00000259. The maximum absolute atomic E-state index is 13.2. The molecule has 10 heteroatoms. The molecule has 7 nitrogen and oxygen atoms in total. The van der Waals surface area contributed by atoms with Gasteiger partial charge < -0.3 is 14.0 Å². The third-order valence-corrected chi connectivity index (χ3v) is 6.54. The zero-order chi connectivity index (χ0) is 21.9. The number of aromatic nitrogens is 3. The van der Waals surface area contributed by atoms with Crippen LogP contribution in [-0.2, 0) is 11.3 Å². The molecule has 1 aliphatic rings. The molecule has 0 saturated carbocycles. The molecule has 2 aromatic heterocycles. The van der Waals surface area contributed by atoms with Crippen molar-refractivity contribution < 1.29 is 14.3 Å². The van der Waals surface area contributed by atoms with Gasteiger partial charge in [0.1, 0.15) is 0 Å². The summed E-state index contributed by atoms with van der Waals surface area (Å²) in [7, 11) is 0. The molecule has 0 unspecified atom stereocenters. The second kappa shape index (κ2) is 10.4. The van der Waals surface area contributed by atoms with E-state index in [9.17, 15) is 4.79 Å². The summed E-state index contributed by atoms with van der Waals surface area (Å²) in [6, 6.07) is 11.5. The fourth-order valence-electron chi connectivity index (χ4n) is 3.41. The molecular formula is C23H20BrClN4O3S. The van der Waals surface area contributed by atoms with Crippen LogP contribution in [-0.4, -0.2) is 33.8 Å². The van der Waals surface area contributed by atoms with Gasteiger partial charge in [0.2, 0.25) is 6.79 Å². The normalized spacial score (nSPS) is 12.3. The van der Waals surface area contributed by atoms with Crippen molar-refractivity contribution in [1.29, 1.82) is 0 Å². The van der Waals surface area contributed by atoms with Crippen molar-refractivity contribution in [2.24, 2.45) is 0 Å². The minimum atomic E-state index is -0.119. The van der Waals surface area contributed by atoms with E-state index < -0.39 is 0 Å². The van der Waals surface area contributed by atoms with Crippen molar-refractivity contribution in [3.05, 3.63) is 71.2 Å². The molecule has 0 radical (unpaired) electrons. The van der Waals surface area contributed by atoms with Crippen molar-refractivity contribution in [2.45, 2.75) is 13.0 Å². The summed E-state index contributed by atoms with van der Waals surface area (Å²) in [6.07, 6.45) is 9.59. The lowest BCUT2D eigenvalue weighted by molar-refractivity contribution is -0.114. The van der Waals surface area contributed by atoms with Gasteiger partial charge in [0.05, 0.1) is 16.5 Å². The summed E-state index contributed by atoms with van der Waals surface area (Å²) in [6.45, 7) is 1.54. The number of carbonyl (C=O) groups excluding carboxylic acids is 1. The Labute approximate surface area is 209 Å². The average Bonchev–Trinajstić information content (AvgIpc) is 3.55. The fraction of sp³-hybridized carbons (Fsp3) is 0.174. The van der Waals surface area contributed by atoms with Gasteiger partial charge in [-0.1, -0.05) is 33.3 Å². The van der Waals surface area contributed by atoms with E-state index in [1.54, 1.807) is 29.6 Å². The van der Waals surface area contributed by atoms with Gasteiger partial charge in [0.15, 0.2) is 16.6 Å². The van der Waals surface area contributed by atoms with Crippen molar-refractivity contribution in [1.82, 2.24) is 14.5 Å². The number of carbonyl (C=O) groups is 1. The Morgan fingerprint density at radius 1 is 1.21 bits per heavy atom. The first-order chi connectivity index (χ1) is 15.7. The Bertz CT molecular complexity index is 1290. The topological polar surface area (TPSA) is 69.5 Å². The van der Waals surface area contributed by atoms with Crippen LogP contribution in [0.3, 0.4) is 0 Å².